The van der Waals surface area contributed by atoms with E-state index in [1.54, 1.807) is 7.11 Å². The lowest BCUT2D eigenvalue weighted by molar-refractivity contribution is -0.123. The van der Waals surface area contributed by atoms with Crippen LogP contribution in [0.2, 0.25) is 0 Å². The van der Waals surface area contributed by atoms with Crippen molar-refractivity contribution in [3.8, 4) is 0 Å². The van der Waals surface area contributed by atoms with Crippen molar-refractivity contribution in [3.05, 3.63) is 30.1 Å². The lowest BCUT2D eigenvalue weighted by Crippen LogP contribution is -2.51. The lowest BCUT2D eigenvalue weighted by Gasteiger charge is -2.46. The van der Waals surface area contributed by atoms with Crippen LogP contribution in [0.4, 0.5) is 0 Å². The second kappa shape index (κ2) is 7.77. The Morgan fingerprint density at radius 1 is 1.41 bits per heavy atom. The van der Waals surface area contributed by atoms with Gasteiger partial charge in [-0.2, -0.15) is 4.98 Å². The Hall–Kier alpha value is -2.26. The molecule has 4 rings (SSSR count). The molecule has 2 saturated heterocycles. The number of hydrogen-bond donors (Lipinski definition) is 0. The molecule has 4 heterocycles. The normalized spacial score (nSPS) is 22.3. The minimum Gasteiger partial charge on any atom is -0.451 e. The zero-order valence-electron chi connectivity index (χ0n) is 15.4. The Bertz CT molecular complexity index is 752. The van der Waals surface area contributed by atoms with Gasteiger partial charge in [0.25, 0.3) is 11.8 Å². The lowest BCUT2D eigenvalue weighted by atomic mass is 9.78. The summed E-state index contributed by atoms with van der Waals surface area (Å²) in [5, 5.41) is 4.05. The molecular weight excluding hydrogens is 352 g/mol. The van der Waals surface area contributed by atoms with Crippen molar-refractivity contribution in [1.82, 2.24) is 20.0 Å². The predicted octanol–water partition coefficient (Wildman–Crippen LogP) is 1.85. The Kier molecular flexibility index (Phi) is 5.22. The Labute approximate surface area is 157 Å². The van der Waals surface area contributed by atoms with Crippen LogP contribution in [0.3, 0.4) is 0 Å². The standard InChI is InChI=1S/C18H24N4O5/c1-24-11-16-20-15(21-27-16)8-13-2-7-26-18(9-13)3-5-22(6-4-18)17(23)14-10-25-12-19-14/h10,12-13H,2-9,11H2,1H3. The smallest absolute Gasteiger partial charge is 0.275 e. The van der Waals surface area contributed by atoms with E-state index < -0.39 is 0 Å². The molecule has 2 aliphatic heterocycles. The monoisotopic (exact) mass is 376 g/mol. The predicted molar refractivity (Wildman–Crippen MR) is 91.8 cm³/mol. The molecule has 9 heteroatoms. The van der Waals surface area contributed by atoms with Crippen LogP contribution >= 0.6 is 0 Å². The summed E-state index contributed by atoms with van der Waals surface area (Å²) >= 11 is 0. The average Bonchev–Trinajstić information content (AvgIpc) is 3.35. The first-order chi connectivity index (χ1) is 13.2. The highest BCUT2D eigenvalue weighted by Crippen LogP contribution is 2.38. The van der Waals surface area contributed by atoms with E-state index in [0.717, 1.165) is 44.5 Å². The molecule has 1 atom stereocenters. The van der Waals surface area contributed by atoms with Gasteiger partial charge in [0.2, 0.25) is 0 Å². The molecule has 0 radical (unpaired) electrons. The molecule has 1 amide bonds. The first-order valence-electron chi connectivity index (χ1n) is 9.29. The fraction of sp³-hybridized carbons (Fsp3) is 0.667. The van der Waals surface area contributed by atoms with Gasteiger partial charge in [0.15, 0.2) is 17.9 Å². The molecule has 27 heavy (non-hydrogen) atoms. The number of amides is 1. The molecule has 1 unspecified atom stereocenters. The number of ether oxygens (including phenoxy) is 2. The molecule has 9 nitrogen and oxygen atoms in total. The number of hydrogen-bond acceptors (Lipinski definition) is 8. The molecule has 0 bridgehead atoms. The van der Waals surface area contributed by atoms with Gasteiger partial charge in [-0.15, -0.1) is 0 Å². The van der Waals surface area contributed by atoms with E-state index in [2.05, 4.69) is 15.1 Å². The van der Waals surface area contributed by atoms with Gasteiger partial charge < -0.3 is 23.3 Å². The largest absolute Gasteiger partial charge is 0.451 e. The topological polar surface area (TPSA) is 104 Å². The van der Waals surface area contributed by atoms with Gasteiger partial charge in [0, 0.05) is 33.2 Å². The molecular formula is C18H24N4O5. The highest BCUT2D eigenvalue weighted by Gasteiger charge is 2.41. The first-order valence-corrected chi connectivity index (χ1v) is 9.29. The van der Waals surface area contributed by atoms with Gasteiger partial charge >= 0.3 is 0 Å². The average molecular weight is 376 g/mol. The second-order valence-electron chi connectivity index (χ2n) is 7.30. The van der Waals surface area contributed by atoms with Gasteiger partial charge in [-0.1, -0.05) is 5.16 Å². The second-order valence-corrected chi connectivity index (χ2v) is 7.30. The molecule has 0 aromatic carbocycles. The van der Waals surface area contributed by atoms with Crippen LogP contribution in [0.25, 0.3) is 0 Å². The maximum Gasteiger partial charge on any atom is 0.275 e. The summed E-state index contributed by atoms with van der Waals surface area (Å²) < 4.78 is 21.3. The van der Waals surface area contributed by atoms with Gasteiger partial charge in [-0.3, -0.25) is 4.79 Å². The van der Waals surface area contributed by atoms with Crippen LogP contribution in [0, 0.1) is 5.92 Å². The molecule has 0 aliphatic carbocycles. The van der Waals surface area contributed by atoms with E-state index in [1.165, 1.54) is 12.7 Å². The summed E-state index contributed by atoms with van der Waals surface area (Å²) in [6.45, 7) is 2.39. The number of oxazole rings is 1. The summed E-state index contributed by atoms with van der Waals surface area (Å²) in [5.41, 5.74) is 0.195. The zero-order valence-corrected chi connectivity index (χ0v) is 15.4. The van der Waals surface area contributed by atoms with E-state index in [-0.39, 0.29) is 11.5 Å². The van der Waals surface area contributed by atoms with E-state index in [4.69, 9.17) is 18.4 Å². The third-order valence-corrected chi connectivity index (χ3v) is 5.46. The highest BCUT2D eigenvalue weighted by atomic mass is 16.5. The van der Waals surface area contributed by atoms with E-state index in [0.29, 0.717) is 37.2 Å². The molecule has 0 N–H and O–H groups in total. The van der Waals surface area contributed by atoms with Crippen LogP contribution in [0.1, 0.15) is 47.9 Å². The van der Waals surface area contributed by atoms with Crippen molar-refractivity contribution >= 4 is 5.91 Å². The number of methoxy groups -OCH3 is 1. The number of carbonyl (C=O) groups excluding carboxylic acids is 1. The Morgan fingerprint density at radius 3 is 3.00 bits per heavy atom. The number of rotatable bonds is 5. The number of likely N-dealkylation sites (tertiary alicyclic amines) is 1. The summed E-state index contributed by atoms with van der Waals surface area (Å²) in [7, 11) is 1.60. The van der Waals surface area contributed by atoms with E-state index in [9.17, 15) is 4.79 Å². The fourth-order valence-corrected chi connectivity index (χ4v) is 4.06. The van der Waals surface area contributed by atoms with Gasteiger partial charge in [-0.05, 0) is 31.6 Å². The number of aromatic nitrogens is 3. The van der Waals surface area contributed by atoms with Crippen LogP contribution in [-0.4, -0.2) is 58.3 Å². The Morgan fingerprint density at radius 2 is 2.26 bits per heavy atom. The van der Waals surface area contributed by atoms with Crippen molar-refractivity contribution in [3.63, 3.8) is 0 Å². The van der Waals surface area contributed by atoms with Crippen molar-refractivity contribution in [2.45, 2.75) is 44.3 Å². The summed E-state index contributed by atoms with van der Waals surface area (Å²) in [6, 6.07) is 0. The molecule has 146 valence electrons. The third kappa shape index (κ3) is 4.03. The van der Waals surface area contributed by atoms with Gasteiger partial charge in [0.05, 0.1) is 5.60 Å². The van der Waals surface area contributed by atoms with Crippen LogP contribution in [0.5, 0.6) is 0 Å². The number of nitrogens with zero attached hydrogens (tertiary/aromatic N) is 4. The van der Waals surface area contributed by atoms with Gasteiger partial charge in [-0.25, -0.2) is 4.98 Å². The molecule has 2 aromatic heterocycles. The Balaban J connectivity index is 1.33. The first kappa shape index (κ1) is 18.1. The summed E-state index contributed by atoms with van der Waals surface area (Å²) in [6.07, 6.45) is 7.04. The van der Waals surface area contributed by atoms with Crippen molar-refractivity contribution in [2.24, 2.45) is 5.92 Å². The minimum absolute atomic E-state index is 0.0802. The zero-order chi connectivity index (χ0) is 18.7. The van der Waals surface area contributed by atoms with Crippen LogP contribution in [-0.2, 0) is 22.5 Å². The van der Waals surface area contributed by atoms with E-state index >= 15 is 0 Å². The molecule has 1 spiro atoms. The third-order valence-electron chi connectivity index (χ3n) is 5.46. The van der Waals surface area contributed by atoms with E-state index in [1.807, 2.05) is 4.90 Å². The van der Waals surface area contributed by atoms with Crippen molar-refractivity contribution in [1.29, 1.82) is 0 Å². The molecule has 2 aliphatic rings. The number of piperidine rings is 1. The molecule has 2 aromatic rings. The minimum atomic E-state index is -0.164. The van der Waals surface area contributed by atoms with Crippen molar-refractivity contribution in [2.75, 3.05) is 26.8 Å². The highest BCUT2D eigenvalue weighted by molar-refractivity contribution is 5.91. The maximum absolute atomic E-state index is 12.4. The maximum atomic E-state index is 12.4. The summed E-state index contributed by atoms with van der Waals surface area (Å²) in [4.78, 5) is 22.6. The van der Waals surface area contributed by atoms with Crippen LogP contribution in [0.15, 0.2) is 21.6 Å². The SMILES string of the molecule is COCc1nc(CC2CCOC3(CCN(C(=O)c4cocn4)CC3)C2)no1. The van der Waals surface area contributed by atoms with Crippen molar-refractivity contribution < 1.29 is 23.2 Å². The fourth-order valence-electron chi connectivity index (χ4n) is 4.06. The number of carbonyl (C=O) groups is 1. The summed E-state index contributed by atoms with van der Waals surface area (Å²) in [5.74, 6) is 1.60. The molecule has 2 fully saturated rings. The van der Waals surface area contributed by atoms with Crippen LogP contribution < -0.4 is 0 Å². The van der Waals surface area contributed by atoms with Gasteiger partial charge in [0.1, 0.15) is 12.9 Å². The molecule has 0 saturated carbocycles. The quantitative estimate of drug-likeness (QED) is 0.779.